The molecule has 4 rings (SSSR count). The first kappa shape index (κ1) is 22.4. The average molecular weight is 482 g/mol. The van der Waals surface area contributed by atoms with Crippen LogP contribution in [0.3, 0.4) is 0 Å². The van der Waals surface area contributed by atoms with Crippen LogP contribution in [0.1, 0.15) is 0 Å². The number of rotatable bonds is 6. The van der Waals surface area contributed by atoms with Gasteiger partial charge in [0.05, 0.1) is 19.9 Å². The van der Waals surface area contributed by atoms with Crippen molar-refractivity contribution < 1.29 is 26.7 Å². The maximum Gasteiger partial charge on any atom is 0.246 e. The molecule has 0 atom stereocenters. The zero-order valence-corrected chi connectivity index (χ0v) is 19.0. The van der Waals surface area contributed by atoms with E-state index in [1.807, 2.05) is 4.90 Å². The smallest absolute Gasteiger partial charge is 0.246 e. The number of thiazole rings is 1. The summed E-state index contributed by atoms with van der Waals surface area (Å²) in [7, 11) is -0.836. The van der Waals surface area contributed by atoms with Crippen molar-refractivity contribution >= 4 is 26.5 Å². The minimum atomic E-state index is -3.75. The van der Waals surface area contributed by atoms with Crippen LogP contribution in [0, 0.1) is 11.6 Å². The SMILES string of the molecule is COc1ccc(S(=O)(=O)N2CCN(c3nc(-c4ccc(F)c(F)c4)cs3)CC2)c(OC)c1. The van der Waals surface area contributed by atoms with Crippen molar-refractivity contribution in [2.45, 2.75) is 4.90 Å². The molecule has 1 saturated heterocycles. The molecule has 1 fully saturated rings. The number of methoxy groups -OCH3 is 2. The molecule has 1 aromatic heterocycles. The van der Waals surface area contributed by atoms with Crippen molar-refractivity contribution in [3.63, 3.8) is 0 Å². The number of hydrogen-bond donors (Lipinski definition) is 0. The molecule has 0 spiro atoms. The Morgan fingerprint density at radius 2 is 1.72 bits per heavy atom. The molecule has 0 amide bonds. The molecule has 0 saturated carbocycles. The van der Waals surface area contributed by atoms with Crippen LogP contribution in [-0.2, 0) is 10.0 Å². The molecule has 0 radical (unpaired) electrons. The molecule has 7 nitrogen and oxygen atoms in total. The molecule has 2 aromatic carbocycles. The van der Waals surface area contributed by atoms with Crippen LogP contribution in [0.15, 0.2) is 46.7 Å². The highest BCUT2D eigenvalue weighted by Gasteiger charge is 2.31. The predicted octanol–water partition coefficient (Wildman–Crippen LogP) is 3.62. The van der Waals surface area contributed by atoms with Crippen LogP contribution in [0.4, 0.5) is 13.9 Å². The average Bonchev–Trinajstić information content (AvgIpc) is 3.30. The molecule has 32 heavy (non-hydrogen) atoms. The number of hydrogen-bond acceptors (Lipinski definition) is 7. The molecule has 170 valence electrons. The zero-order valence-electron chi connectivity index (χ0n) is 17.4. The van der Waals surface area contributed by atoms with E-state index < -0.39 is 21.7 Å². The molecule has 0 bridgehead atoms. The van der Waals surface area contributed by atoms with Gasteiger partial charge in [-0.1, -0.05) is 0 Å². The Morgan fingerprint density at radius 3 is 2.38 bits per heavy atom. The van der Waals surface area contributed by atoms with Gasteiger partial charge in [-0.25, -0.2) is 22.2 Å². The Balaban J connectivity index is 1.48. The van der Waals surface area contributed by atoms with Gasteiger partial charge in [-0.15, -0.1) is 11.3 Å². The third-order valence-corrected chi connectivity index (χ3v) is 8.04. The highest BCUT2D eigenvalue weighted by Crippen LogP contribution is 2.33. The molecule has 1 aliphatic rings. The summed E-state index contributed by atoms with van der Waals surface area (Å²) < 4.78 is 64.9. The van der Waals surface area contributed by atoms with E-state index in [1.165, 1.54) is 42.0 Å². The van der Waals surface area contributed by atoms with E-state index in [-0.39, 0.29) is 23.7 Å². The topological polar surface area (TPSA) is 72.0 Å². The fourth-order valence-electron chi connectivity index (χ4n) is 3.44. The lowest BCUT2D eigenvalue weighted by atomic mass is 10.2. The first-order chi connectivity index (χ1) is 15.3. The van der Waals surface area contributed by atoms with E-state index in [9.17, 15) is 17.2 Å². The molecule has 1 aliphatic heterocycles. The predicted molar refractivity (Wildman–Crippen MR) is 118 cm³/mol. The Morgan fingerprint density at radius 1 is 0.969 bits per heavy atom. The second kappa shape index (κ2) is 9.00. The van der Waals surface area contributed by atoms with Gasteiger partial charge in [-0.05, 0) is 30.3 Å². The minimum absolute atomic E-state index is 0.0871. The summed E-state index contributed by atoms with van der Waals surface area (Å²) in [6.45, 7) is 1.44. The van der Waals surface area contributed by atoms with Gasteiger partial charge in [0.1, 0.15) is 16.4 Å². The monoisotopic (exact) mass is 481 g/mol. The molecule has 0 aliphatic carbocycles. The fourth-order valence-corrected chi connectivity index (χ4v) is 5.89. The Labute approximate surface area is 188 Å². The second-order valence-electron chi connectivity index (χ2n) is 7.05. The van der Waals surface area contributed by atoms with Gasteiger partial charge in [0.15, 0.2) is 16.8 Å². The van der Waals surface area contributed by atoms with Crippen LogP contribution in [0.2, 0.25) is 0 Å². The normalized spacial score (nSPS) is 15.1. The highest BCUT2D eigenvalue weighted by atomic mass is 32.2. The van der Waals surface area contributed by atoms with E-state index >= 15 is 0 Å². The summed E-state index contributed by atoms with van der Waals surface area (Å²) in [5.74, 6) is -1.10. The summed E-state index contributed by atoms with van der Waals surface area (Å²) in [5, 5.41) is 2.47. The Bertz CT molecular complexity index is 1230. The molecular weight excluding hydrogens is 460 g/mol. The van der Waals surface area contributed by atoms with Gasteiger partial charge in [-0.2, -0.15) is 4.31 Å². The van der Waals surface area contributed by atoms with Gasteiger partial charge in [-0.3, -0.25) is 0 Å². The van der Waals surface area contributed by atoms with Crippen molar-refractivity contribution in [1.82, 2.24) is 9.29 Å². The van der Waals surface area contributed by atoms with Crippen LogP contribution in [-0.4, -0.2) is 58.1 Å². The van der Waals surface area contributed by atoms with Crippen LogP contribution >= 0.6 is 11.3 Å². The van der Waals surface area contributed by atoms with Gasteiger partial charge in [0.2, 0.25) is 10.0 Å². The summed E-state index contributed by atoms with van der Waals surface area (Å²) in [6, 6.07) is 8.26. The van der Waals surface area contributed by atoms with Gasteiger partial charge in [0, 0.05) is 43.2 Å². The zero-order chi connectivity index (χ0) is 22.9. The van der Waals surface area contributed by atoms with Gasteiger partial charge < -0.3 is 14.4 Å². The third kappa shape index (κ3) is 4.27. The number of benzene rings is 2. The summed E-state index contributed by atoms with van der Waals surface area (Å²) >= 11 is 1.37. The first-order valence-corrected chi connectivity index (χ1v) is 12.0. The number of nitrogens with zero attached hydrogens (tertiary/aromatic N) is 3. The quantitative estimate of drug-likeness (QED) is 0.536. The van der Waals surface area contributed by atoms with Crippen LogP contribution in [0.25, 0.3) is 11.3 Å². The standard InChI is InChI=1S/C21H21F2N3O4S2/c1-29-15-4-6-20(19(12-15)30-2)32(27,28)26-9-7-25(8-10-26)21-24-18(13-31-21)14-3-5-16(22)17(23)11-14/h3-6,11-13H,7-10H2,1-2H3. The number of sulfonamides is 1. The molecule has 2 heterocycles. The van der Waals surface area contributed by atoms with Crippen molar-refractivity contribution in [2.24, 2.45) is 0 Å². The highest BCUT2D eigenvalue weighted by molar-refractivity contribution is 7.89. The van der Waals surface area contributed by atoms with E-state index in [0.717, 1.165) is 12.1 Å². The summed E-state index contributed by atoms with van der Waals surface area (Å²) in [4.78, 5) is 6.58. The molecule has 3 aromatic rings. The lowest BCUT2D eigenvalue weighted by molar-refractivity contribution is 0.370. The van der Waals surface area contributed by atoms with E-state index in [4.69, 9.17) is 9.47 Å². The maximum atomic E-state index is 13.5. The van der Waals surface area contributed by atoms with E-state index in [2.05, 4.69) is 4.98 Å². The van der Waals surface area contributed by atoms with E-state index in [1.54, 1.807) is 17.5 Å². The van der Waals surface area contributed by atoms with Gasteiger partial charge >= 0.3 is 0 Å². The van der Waals surface area contributed by atoms with Gasteiger partial charge in [0.25, 0.3) is 0 Å². The van der Waals surface area contributed by atoms with Crippen molar-refractivity contribution in [2.75, 3.05) is 45.3 Å². The van der Waals surface area contributed by atoms with Crippen LogP contribution in [0.5, 0.6) is 11.5 Å². The number of aromatic nitrogens is 1. The first-order valence-electron chi connectivity index (χ1n) is 9.71. The molecule has 11 heteroatoms. The Kier molecular flexibility index (Phi) is 6.31. The van der Waals surface area contributed by atoms with Crippen LogP contribution < -0.4 is 14.4 Å². The number of ether oxygens (including phenoxy) is 2. The van der Waals surface area contributed by atoms with Crippen molar-refractivity contribution in [3.8, 4) is 22.8 Å². The number of halogens is 2. The second-order valence-corrected chi connectivity index (χ2v) is 9.80. The summed E-state index contributed by atoms with van der Waals surface area (Å²) in [5.41, 5.74) is 1.03. The lowest BCUT2D eigenvalue weighted by Gasteiger charge is -2.34. The van der Waals surface area contributed by atoms with Crippen molar-refractivity contribution in [3.05, 3.63) is 53.4 Å². The maximum absolute atomic E-state index is 13.5. The number of anilines is 1. The minimum Gasteiger partial charge on any atom is -0.497 e. The third-order valence-electron chi connectivity index (χ3n) is 5.21. The summed E-state index contributed by atoms with van der Waals surface area (Å²) in [6.07, 6.45) is 0. The largest absolute Gasteiger partial charge is 0.497 e. The van der Waals surface area contributed by atoms with E-state index in [0.29, 0.717) is 35.2 Å². The lowest BCUT2D eigenvalue weighted by Crippen LogP contribution is -2.48. The van der Waals surface area contributed by atoms with Crippen molar-refractivity contribution in [1.29, 1.82) is 0 Å². The molecule has 0 unspecified atom stereocenters. The molecule has 0 N–H and O–H groups in total. The fraction of sp³-hybridized carbons (Fsp3) is 0.286. The Hall–Kier alpha value is -2.76. The molecular formula is C21H21F2N3O4S2. The number of piperazine rings is 1.